The number of methoxy groups -OCH3 is 3. The molecule has 3 rings (SSSR count). The molecule has 30 heavy (non-hydrogen) atoms. The maximum Gasteiger partial charge on any atom is 0.246 e. The van der Waals surface area contributed by atoms with Gasteiger partial charge in [0.25, 0.3) is 0 Å². The molecule has 0 fully saturated rings. The van der Waals surface area contributed by atoms with Gasteiger partial charge in [-0.25, -0.2) is 4.39 Å². The van der Waals surface area contributed by atoms with Crippen LogP contribution in [0.5, 0.6) is 11.5 Å². The average molecular weight is 416 g/mol. The first-order valence-electron chi connectivity index (χ1n) is 9.98. The van der Waals surface area contributed by atoms with Gasteiger partial charge in [0.05, 0.1) is 20.3 Å². The van der Waals surface area contributed by atoms with Crippen molar-refractivity contribution in [1.82, 2.24) is 10.2 Å². The monoisotopic (exact) mass is 416 g/mol. The smallest absolute Gasteiger partial charge is 0.246 e. The van der Waals surface area contributed by atoms with Crippen LogP contribution in [0.25, 0.3) is 0 Å². The number of rotatable bonds is 8. The van der Waals surface area contributed by atoms with E-state index < -0.39 is 0 Å². The highest BCUT2D eigenvalue weighted by molar-refractivity contribution is 5.77. The predicted octanol–water partition coefficient (Wildman–Crippen LogP) is 3.09. The highest BCUT2D eigenvalue weighted by atomic mass is 19.1. The molecule has 1 N–H and O–H groups in total. The van der Waals surface area contributed by atoms with Crippen molar-refractivity contribution >= 4 is 5.91 Å². The molecule has 1 heterocycles. The highest BCUT2D eigenvalue weighted by Crippen LogP contribution is 2.40. The number of ether oxygens (including phenoxy) is 3. The summed E-state index contributed by atoms with van der Waals surface area (Å²) in [5.41, 5.74) is 3.11. The quantitative estimate of drug-likeness (QED) is 0.717. The molecule has 0 saturated heterocycles. The van der Waals surface area contributed by atoms with Crippen molar-refractivity contribution in [2.24, 2.45) is 0 Å². The SMILES string of the molecule is COCC(=O)N[C@@H](C)[C@@H]1c2cc(OC)c(OC)cc2CCN1Cc1cccc(F)c1. The molecule has 0 aliphatic carbocycles. The fourth-order valence-electron chi connectivity index (χ4n) is 4.17. The summed E-state index contributed by atoms with van der Waals surface area (Å²) in [5, 5.41) is 3.03. The van der Waals surface area contributed by atoms with Crippen molar-refractivity contribution in [3.05, 3.63) is 58.9 Å². The molecule has 2 aromatic rings. The van der Waals surface area contributed by atoms with Crippen LogP contribution < -0.4 is 14.8 Å². The van der Waals surface area contributed by atoms with Crippen molar-refractivity contribution < 1.29 is 23.4 Å². The Bertz CT molecular complexity index is 890. The van der Waals surface area contributed by atoms with Crippen LogP contribution >= 0.6 is 0 Å². The lowest BCUT2D eigenvalue weighted by Crippen LogP contribution is -2.48. The van der Waals surface area contributed by atoms with Gasteiger partial charge in [-0.05, 0) is 54.3 Å². The van der Waals surface area contributed by atoms with Gasteiger partial charge in [0.1, 0.15) is 12.4 Å². The van der Waals surface area contributed by atoms with Crippen LogP contribution in [-0.2, 0) is 22.5 Å². The molecule has 0 bridgehead atoms. The molecule has 2 atom stereocenters. The lowest BCUT2D eigenvalue weighted by Gasteiger charge is -2.41. The molecule has 1 aliphatic rings. The fraction of sp³-hybridized carbons (Fsp3) is 0.435. The van der Waals surface area contributed by atoms with Gasteiger partial charge >= 0.3 is 0 Å². The zero-order valence-electron chi connectivity index (χ0n) is 17.9. The summed E-state index contributed by atoms with van der Waals surface area (Å²) in [4.78, 5) is 14.5. The average Bonchev–Trinajstić information content (AvgIpc) is 2.72. The maximum atomic E-state index is 13.7. The first kappa shape index (κ1) is 22.1. The summed E-state index contributed by atoms with van der Waals surface area (Å²) in [5.74, 6) is 0.895. The van der Waals surface area contributed by atoms with Crippen LogP contribution in [0.2, 0.25) is 0 Å². The van der Waals surface area contributed by atoms with Crippen molar-refractivity contribution in [1.29, 1.82) is 0 Å². The van der Waals surface area contributed by atoms with E-state index in [1.54, 1.807) is 26.4 Å². The van der Waals surface area contributed by atoms with E-state index >= 15 is 0 Å². The number of carbonyl (C=O) groups is 1. The Morgan fingerprint density at radius 2 is 1.93 bits per heavy atom. The number of hydrogen-bond acceptors (Lipinski definition) is 5. The maximum absolute atomic E-state index is 13.7. The molecule has 162 valence electrons. The summed E-state index contributed by atoms with van der Waals surface area (Å²) in [6.45, 7) is 3.32. The Kier molecular flexibility index (Phi) is 7.29. The molecule has 7 heteroatoms. The van der Waals surface area contributed by atoms with E-state index in [4.69, 9.17) is 14.2 Å². The fourth-order valence-corrected chi connectivity index (χ4v) is 4.17. The zero-order chi connectivity index (χ0) is 21.7. The Labute approximate surface area is 176 Å². The molecular formula is C23H29FN2O4. The van der Waals surface area contributed by atoms with Crippen molar-refractivity contribution in [2.75, 3.05) is 34.5 Å². The summed E-state index contributed by atoms with van der Waals surface area (Å²) < 4.78 is 29.7. The van der Waals surface area contributed by atoms with E-state index in [2.05, 4.69) is 10.2 Å². The molecule has 0 radical (unpaired) electrons. The van der Waals surface area contributed by atoms with Crippen LogP contribution in [0.1, 0.15) is 29.7 Å². The minimum Gasteiger partial charge on any atom is -0.493 e. The van der Waals surface area contributed by atoms with Gasteiger partial charge in [-0.15, -0.1) is 0 Å². The van der Waals surface area contributed by atoms with Crippen molar-refractivity contribution in [3.63, 3.8) is 0 Å². The van der Waals surface area contributed by atoms with Crippen LogP contribution in [0.4, 0.5) is 4.39 Å². The normalized spacial score (nSPS) is 17.2. The number of fused-ring (bicyclic) bond motifs is 1. The number of benzene rings is 2. The number of nitrogens with zero attached hydrogens (tertiary/aromatic N) is 1. The zero-order valence-corrected chi connectivity index (χ0v) is 17.9. The molecular weight excluding hydrogens is 387 g/mol. The molecule has 1 aliphatic heterocycles. The topological polar surface area (TPSA) is 60.0 Å². The molecule has 2 aromatic carbocycles. The van der Waals surface area contributed by atoms with Crippen LogP contribution in [-0.4, -0.2) is 51.3 Å². The predicted molar refractivity (Wildman–Crippen MR) is 112 cm³/mol. The molecule has 6 nitrogen and oxygen atoms in total. The van der Waals surface area contributed by atoms with E-state index in [1.165, 1.54) is 13.2 Å². The number of amides is 1. The molecule has 0 unspecified atom stereocenters. The van der Waals surface area contributed by atoms with E-state index in [0.29, 0.717) is 18.0 Å². The summed E-state index contributed by atoms with van der Waals surface area (Å²) >= 11 is 0. The third kappa shape index (κ3) is 4.91. The third-order valence-corrected chi connectivity index (χ3v) is 5.44. The Morgan fingerprint density at radius 1 is 1.20 bits per heavy atom. The van der Waals surface area contributed by atoms with Gasteiger partial charge in [-0.2, -0.15) is 0 Å². The number of carbonyl (C=O) groups excluding carboxylic acids is 1. The summed E-state index contributed by atoms with van der Waals surface area (Å²) in [6.07, 6.45) is 0.820. The van der Waals surface area contributed by atoms with Gasteiger partial charge in [0.2, 0.25) is 5.91 Å². The van der Waals surface area contributed by atoms with Gasteiger partial charge in [0.15, 0.2) is 11.5 Å². The first-order valence-corrected chi connectivity index (χ1v) is 9.98. The Balaban J connectivity index is 1.97. The summed E-state index contributed by atoms with van der Waals surface area (Å²) in [7, 11) is 4.72. The van der Waals surface area contributed by atoms with E-state index in [0.717, 1.165) is 29.7 Å². The van der Waals surface area contributed by atoms with Gasteiger partial charge in [-0.1, -0.05) is 12.1 Å². The number of nitrogens with one attached hydrogen (secondary N) is 1. The van der Waals surface area contributed by atoms with Gasteiger partial charge in [-0.3, -0.25) is 9.69 Å². The standard InChI is InChI=1S/C23H29FN2O4/c1-15(25-22(27)14-28-2)23-19-12-21(30-4)20(29-3)11-17(19)8-9-26(23)13-16-6-5-7-18(24)10-16/h5-7,10-12,15,23H,8-9,13-14H2,1-4H3,(H,25,27)/t15-,23+/m0/s1. The van der Waals surface area contributed by atoms with Gasteiger partial charge in [0, 0.05) is 26.2 Å². The Morgan fingerprint density at radius 3 is 2.60 bits per heavy atom. The molecule has 0 spiro atoms. The first-order chi connectivity index (χ1) is 14.5. The molecule has 1 amide bonds. The second-order valence-electron chi connectivity index (χ2n) is 7.49. The van der Waals surface area contributed by atoms with Crippen LogP contribution in [0.15, 0.2) is 36.4 Å². The van der Waals surface area contributed by atoms with Crippen molar-refractivity contribution in [3.8, 4) is 11.5 Å². The van der Waals surface area contributed by atoms with Crippen molar-refractivity contribution in [2.45, 2.75) is 32.0 Å². The minimum atomic E-state index is -0.255. The van der Waals surface area contributed by atoms with E-state index in [9.17, 15) is 9.18 Å². The number of halogens is 1. The minimum absolute atomic E-state index is 0.000251. The molecule has 0 aromatic heterocycles. The van der Waals surface area contributed by atoms with Crippen LogP contribution in [0.3, 0.4) is 0 Å². The van der Waals surface area contributed by atoms with Gasteiger partial charge < -0.3 is 19.5 Å². The van der Waals surface area contributed by atoms with E-state index in [1.807, 2.05) is 25.1 Å². The lowest BCUT2D eigenvalue weighted by atomic mass is 9.87. The Hall–Kier alpha value is -2.64. The largest absolute Gasteiger partial charge is 0.493 e. The highest BCUT2D eigenvalue weighted by Gasteiger charge is 2.33. The third-order valence-electron chi connectivity index (χ3n) is 5.44. The molecule has 0 saturated carbocycles. The lowest BCUT2D eigenvalue weighted by molar-refractivity contribution is -0.125. The second kappa shape index (κ2) is 9.91. The van der Waals surface area contributed by atoms with Crippen LogP contribution in [0, 0.1) is 5.82 Å². The number of hydrogen-bond donors (Lipinski definition) is 1. The summed E-state index contributed by atoms with van der Waals surface area (Å²) in [6, 6.07) is 10.3. The van der Waals surface area contributed by atoms with E-state index in [-0.39, 0.29) is 30.4 Å². The second-order valence-corrected chi connectivity index (χ2v) is 7.49.